The molecule has 0 aromatic carbocycles. The van der Waals surface area contributed by atoms with Crippen LogP contribution in [0.1, 0.15) is 46.5 Å². The van der Waals surface area contributed by atoms with Crippen LogP contribution < -0.4 is 0 Å². The molecule has 1 rings (SSSR count). The van der Waals surface area contributed by atoms with Gasteiger partial charge < -0.3 is 4.74 Å². The van der Waals surface area contributed by atoms with Crippen LogP contribution in [0.2, 0.25) is 0 Å². The zero-order valence-corrected chi connectivity index (χ0v) is 9.96. The fourth-order valence-corrected chi connectivity index (χ4v) is 2.60. The van der Waals surface area contributed by atoms with Crippen LogP contribution in [0, 0.1) is 0 Å². The largest absolute Gasteiger partial charge is 0.377 e. The fourth-order valence-electron chi connectivity index (χ4n) is 2.60. The fraction of sp³-hybridized carbons (Fsp3) is 1.00. The summed E-state index contributed by atoms with van der Waals surface area (Å²) < 4.78 is 5.84. The molecule has 0 unspecified atom stereocenters. The molecule has 0 aromatic heterocycles. The van der Waals surface area contributed by atoms with E-state index in [9.17, 15) is 0 Å². The summed E-state index contributed by atoms with van der Waals surface area (Å²) in [5, 5.41) is 0. The second-order valence-electron chi connectivity index (χ2n) is 4.07. The summed E-state index contributed by atoms with van der Waals surface area (Å²) in [6.07, 6.45) is 5.81. The number of ether oxygens (including phenoxy) is 1. The van der Waals surface area contributed by atoms with Crippen molar-refractivity contribution in [2.75, 3.05) is 19.7 Å². The summed E-state index contributed by atoms with van der Waals surface area (Å²) in [5.74, 6) is 0. The van der Waals surface area contributed by atoms with Crippen LogP contribution in [-0.4, -0.2) is 36.7 Å². The Balaban J connectivity index is 2.51. The molecule has 0 bridgehead atoms. The Morgan fingerprint density at radius 1 is 1.07 bits per heavy atom. The Morgan fingerprint density at radius 3 is 2.29 bits per heavy atom. The average Bonchev–Trinajstić information content (AvgIpc) is 2.23. The van der Waals surface area contributed by atoms with E-state index in [0.29, 0.717) is 12.1 Å². The molecule has 1 aliphatic carbocycles. The molecule has 2 atom stereocenters. The van der Waals surface area contributed by atoms with Crippen molar-refractivity contribution in [1.29, 1.82) is 0 Å². The summed E-state index contributed by atoms with van der Waals surface area (Å²) >= 11 is 0. The molecule has 0 spiro atoms. The number of likely N-dealkylation sites (N-methyl/N-ethyl adjacent to an activating group) is 1. The Kier molecular flexibility index (Phi) is 5.49. The van der Waals surface area contributed by atoms with E-state index in [2.05, 4.69) is 25.7 Å². The molecule has 0 heterocycles. The van der Waals surface area contributed by atoms with Gasteiger partial charge >= 0.3 is 0 Å². The van der Waals surface area contributed by atoms with E-state index in [4.69, 9.17) is 4.74 Å². The van der Waals surface area contributed by atoms with Crippen LogP contribution in [0.4, 0.5) is 0 Å². The third-order valence-corrected chi connectivity index (χ3v) is 3.33. The van der Waals surface area contributed by atoms with Gasteiger partial charge in [0.2, 0.25) is 0 Å². The van der Waals surface area contributed by atoms with E-state index >= 15 is 0 Å². The lowest BCUT2D eigenvalue weighted by Crippen LogP contribution is -2.46. The molecular formula is C12H25NO. The van der Waals surface area contributed by atoms with Gasteiger partial charge in [-0.2, -0.15) is 0 Å². The molecule has 2 nitrogen and oxygen atoms in total. The number of rotatable bonds is 5. The lowest BCUT2D eigenvalue weighted by atomic mass is 9.91. The summed E-state index contributed by atoms with van der Waals surface area (Å²) in [6, 6.07) is 0.679. The average molecular weight is 199 g/mol. The first-order valence-electron chi connectivity index (χ1n) is 6.19. The Morgan fingerprint density at radius 2 is 1.71 bits per heavy atom. The number of hydrogen-bond donors (Lipinski definition) is 0. The van der Waals surface area contributed by atoms with Gasteiger partial charge in [-0.1, -0.05) is 26.7 Å². The number of hydrogen-bond acceptors (Lipinski definition) is 2. The second-order valence-corrected chi connectivity index (χ2v) is 4.07. The van der Waals surface area contributed by atoms with E-state index < -0.39 is 0 Å². The number of nitrogens with zero attached hydrogens (tertiary/aromatic N) is 1. The van der Waals surface area contributed by atoms with E-state index in [1.165, 1.54) is 25.7 Å². The van der Waals surface area contributed by atoms with Crippen LogP contribution in [0.15, 0.2) is 0 Å². The summed E-state index contributed by atoms with van der Waals surface area (Å²) in [6.45, 7) is 9.79. The van der Waals surface area contributed by atoms with Crippen molar-refractivity contribution in [3.8, 4) is 0 Å². The van der Waals surface area contributed by atoms with E-state index in [1.54, 1.807) is 0 Å². The van der Waals surface area contributed by atoms with Crippen molar-refractivity contribution in [1.82, 2.24) is 4.90 Å². The van der Waals surface area contributed by atoms with Gasteiger partial charge in [-0.25, -0.2) is 0 Å². The van der Waals surface area contributed by atoms with Crippen LogP contribution in [0.5, 0.6) is 0 Å². The van der Waals surface area contributed by atoms with Crippen molar-refractivity contribution in [2.24, 2.45) is 0 Å². The molecule has 2 heteroatoms. The maximum Gasteiger partial charge on any atom is 0.0730 e. The molecule has 1 fully saturated rings. The van der Waals surface area contributed by atoms with Gasteiger partial charge in [-0.3, -0.25) is 4.90 Å². The maximum atomic E-state index is 5.84. The lowest BCUT2D eigenvalue weighted by molar-refractivity contribution is -0.0287. The van der Waals surface area contributed by atoms with E-state index in [0.717, 1.165) is 19.7 Å². The highest BCUT2D eigenvalue weighted by Crippen LogP contribution is 2.25. The minimum Gasteiger partial charge on any atom is -0.377 e. The highest BCUT2D eigenvalue weighted by molar-refractivity contribution is 4.83. The Bertz CT molecular complexity index is 143. The van der Waals surface area contributed by atoms with Gasteiger partial charge in [-0.15, -0.1) is 0 Å². The summed E-state index contributed by atoms with van der Waals surface area (Å²) in [4.78, 5) is 2.56. The van der Waals surface area contributed by atoms with Crippen LogP contribution in [0.25, 0.3) is 0 Å². The molecule has 1 aliphatic rings. The van der Waals surface area contributed by atoms with Gasteiger partial charge in [0.1, 0.15) is 0 Å². The minimum atomic E-state index is 0.494. The highest BCUT2D eigenvalue weighted by Gasteiger charge is 2.28. The molecule has 0 saturated heterocycles. The molecule has 0 aromatic rings. The predicted molar refractivity (Wildman–Crippen MR) is 60.6 cm³/mol. The molecule has 0 radical (unpaired) electrons. The lowest BCUT2D eigenvalue weighted by Gasteiger charge is -2.38. The third-order valence-electron chi connectivity index (χ3n) is 3.33. The monoisotopic (exact) mass is 199 g/mol. The molecule has 14 heavy (non-hydrogen) atoms. The molecule has 84 valence electrons. The second kappa shape index (κ2) is 6.41. The topological polar surface area (TPSA) is 12.5 Å². The minimum absolute atomic E-state index is 0.494. The standard InChI is InChI=1S/C12H25NO/c1-4-13(5-2)11-9-7-8-10-12(11)14-6-3/h11-12H,4-10H2,1-3H3/t11-,12-/m1/s1. The van der Waals surface area contributed by atoms with Gasteiger partial charge in [0.25, 0.3) is 0 Å². The Labute approximate surface area is 88.6 Å². The molecule has 0 aliphatic heterocycles. The SMILES string of the molecule is CCO[C@@H]1CCCC[C@H]1N(CC)CC. The van der Waals surface area contributed by atoms with Gasteiger partial charge in [-0.05, 0) is 32.9 Å². The zero-order chi connectivity index (χ0) is 10.4. The zero-order valence-electron chi connectivity index (χ0n) is 9.96. The van der Waals surface area contributed by atoms with Crippen LogP contribution in [-0.2, 0) is 4.74 Å². The van der Waals surface area contributed by atoms with Crippen molar-refractivity contribution in [3.63, 3.8) is 0 Å². The first-order valence-corrected chi connectivity index (χ1v) is 6.19. The molecular weight excluding hydrogens is 174 g/mol. The Hall–Kier alpha value is -0.0800. The molecule has 1 saturated carbocycles. The molecule has 0 amide bonds. The maximum absolute atomic E-state index is 5.84. The predicted octanol–water partition coefficient (Wildman–Crippen LogP) is 2.68. The molecule has 0 N–H and O–H groups in total. The first-order chi connectivity index (χ1) is 6.83. The van der Waals surface area contributed by atoms with Crippen LogP contribution >= 0.6 is 0 Å². The first kappa shape index (κ1) is 12.0. The highest BCUT2D eigenvalue weighted by atomic mass is 16.5. The van der Waals surface area contributed by atoms with Crippen molar-refractivity contribution in [3.05, 3.63) is 0 Å². The van der Waals surface area contributed by atoms with Gasteiger partial charge in [0.05, 0.1) is 6.10 Å². The summed E-state index contributed by atoms with van der Waals surface area (Å²) in [5.41, 5.74) is 0. The summed E-state index contributed by atoms with van der Waals surface area (Å²) in [7, 11) is 0. The normalized spacial score (nSPS) is 28.3. The third kappa shape index (κ3) is 2.96. The van der Waals surface area contributed by atoms with Crippen molar-refractivity contribution >= 4 is 0 Å². The van der Waals surface area contributed by atoms with Gasteiger partial charge in [0.15, 0.2) is 0 Å². The van der Waals surface area contributed by atoms with Crippen molar-refractivity contribution in [2.45, 2.75) is 58.6 Å². The smallest absolute Gasteiger partial charge is 0.0730 e. The van der Waals surface area contributed by atoms with E-state index in [1.807, 2.05) is 0 Å². The van der Waals surface area contributed by atoms with E-state index in [-0.39, 0.29) is 0 Å². The quantitative estimate of drug-likeness (QED) is 0.675. The van der Waals surface area contributed by atoms with Crippen molar-refractivity contribution < 1.29 is 4.74 Å². The van der Waals surface area contributed by atoms with Gasteiger partial charge in [0, 0.05) is 12.6 Å². The van der Waals surface area contributed by atoms with Crippen LogP contribution in [0.3, 0.4) is 0 Å².